The van der Waals surface area contributed by atoms with Crippen LogP contribution in [0.1, 0.15) is 24.8 Å². The van der Waals surface area contributed by atoms with E-state index >= 15 is 0 Å². The predicted octanol–water partition coefficient (Wildman–Crippen LogP) is 2.50. The standard InChI is InChI=1S/C15H18O3/c1-2-12-18-14(15(16)17)11-7-6-10-13-8-4-3-5-9-13/h1,3-5,8-9,14H,6-7,10-12H2,(H,16,17)/t14-/m0/s1. The fourth-order valence-corrected chi connectivity index (χ4v) is 1.73. The Labute approximate surface area is 108 Å². The first-order valence-corrected chi connectivity index (χ1v) is 6.06. The van der Waals surface area contributed by atoms with Crippen LogP contribution in [-0.2, 0) is 16.0 Å². The molecule has 0 amide bonds. The second kappa shape index (κ2) is 8.32. The van der Waals surface area contributed by atoms with Crippen LogP contribution in [0.3, 0.4) is 0 Å². The van der Waals surface area contributed by atoms with E-state index in [1.54, 1.807) is 0 Å². The lowest BCUT2D eigenvalue weighted by molar-refractivity contribution is -0.149. The average Bonchev–Trinajstić information content (AvgIpc) is 2.38. The van der Waals surface area contributed by atoms with Gasteiger partial charge in [-0.15, -0.1) is 6.42 Å². The molecule has 3 nitrogen and oxygen atoms in total. The molecule has 0 spiro atoms. The fourth-order valence-electron chi connectivity index (χ4n) is 1.73. The highest BCUT2D eigenvalue weighted by Crippen LogP contribution is 2.09. The molecule has 0 unspecified atom stereocenters. The maximum absolute atomic E-state index is 10.9. The van der Waals surface area contributed by atoms with Gasteiger partial charge in [0.2, 0.25) is 0 Å². The fraction of sp³-hybridized carbons (Fsp3) is 0.400. The molecule has 3 heteroatoms. The molecule has 0 fully saturated rings. The molecule has 0 aliphatic carbocycles. The van der Waals surface area contributed by atoms with Crippen molar-refractivity contribution in [1.82, 2.24) is 0 Å². The number of terminal acetylenes is 1. The molecule has 18 heavy (non-hydrogen) atoms. The number of ether oxygens (including phenoxy) is 1. The van der Waals surface area contributed by atoms with Crippen LogP contribution in [0.15, 0.2) is 30.3 Å². The Bertz CT molecular complexity index is 392. The minimum absolute atomic E-state index is 0.0512. The van der Waals surface area contributed by atoms with Gasteiger partial charge in [-0.2, -0.15) is 0 Å². The summed E-state index contributed by atoms with van der Waals surface area (Å²) in [4.78, 5) is 10.9. The molecular formula is C15H18O3. The molecule has 1 aromatic rings. The number of hydrogen-bond acceptors (Lipinski definition) is 2. The van der Waals surface area contributed by atoms with Crippen LogP contribution in [0.2, 0.25) is 0 Å². The number of carbonyl (C=O) groups is 1. The summed E-state index contributed by atoms with van der Waals surface area (Å²) in [6.45, 7) is 0.0512. The highest BCUT2D eigenvalue weighted by atomic mass is 16.5. The zero-order valence-electron chi connectivity index (χ0n) is 10.3. The zero-order chi connectivity index (χ0) is 13.2. The smallest absolute Gasteiger partial charge is 0.332 e. The highest BCUT2D eigenvalue weighted by Gasteiger charge is 2.16. The van der Waals surface area contributed by atoms with Crippen molar-refractivity contribution < 1.29 is 14.6 Å². The Kier molecular flexibility index (Phi) is 6.60. The van der Waals surface area contributed by atoms with Crippen LogP contribution in [0.4, 0.5) is 0 Å². The molecule has 0 saturated heterocycles. The van der Waals surface area contributed by atoms with Gasteiger partial charge in [0, 0.05) is 0 Å². The van der Waals surface area contributed by atoms with Crippen molar-refractivity contribution in [2.75, 3.05) is 6.61 Å². The molecule has 96 valence electrons. The maximum atomic E-state index is 10.9. The zero-order valence-corrected chi connectivity index (χ0v) is 10.3. The van der Waals surface area contributed by atoms with Gasteiger partial charge in [0.15, 0.2) is 6.10 Å². The molecule has 1 atom stereocenters. The van der Waals surface area contributed by atoms with Gasteiger partial charge in [0.25, 0.3) is 0 Å². The Hall–Kier alpha value is -1.79. The van der Waals surface area contributed by atoms with Crippen LogP contribution < -0.4 is 0 Å². The molecule has 1 rings (SSSR count). The third-order valence-corrected chi connectivity index (χ3v) is 2.67. The normalized spacial score (nSPS) is 11.7. The molecule has 1 N–H and O–H groups in total. The molecular weight excluding hydrogens is 228 g/mol. The van der Waals surface area contributed by atoms with Crippen molar-refractivity contribution in [2.24, 2.45) is 0 Å². The summed E-state index contributed by atoms with van der Waals surface area (Å²) >= 11 is 0. The van der Waals surface area contributed by atoms with Crippen LogP contribution in [0.25, 0.3) is 0 Å². The minimum Gasteiger partial charge on any atom is -0.479 e. The molecule has 1 aromatic carbocycles. The highest BCUT2D eigenvalue weighted by molar-refractivity contribution is 5.72. The summed E-state index contributed by atoms with van der Waals surface area (Å²) in [7, 11) is 0. The van der Waals surface area contributed by atoms with Crippen molar-refractivity contribution in [3.63, 3.8) is 0 Å². The molecule has 0 aliphatic heterocycles. The Morgan fingerprint density at radius 1 is 1.33 bits per heavy atom. The summed E-state index contributed by atoms with van der Waals surface area (Å²) in [5.74, 6) is 1.34. The second-order valence-corrected chi connectivity index (χ2v) is 4.07. The number of aryl methyl sites for hydroxylation is 1. The van der Waals surface area contributed by atoms with E-state index < -0.39 is 12.1 Å². The van der Waals surface area contributed by atoms with E-state index in [1.165, 1.54) is 5.56 Å². The average molecular weight is 246 g/mol. The molecule has 0 aromatic heterocycles. The summed E-state index contributed by atoms with van der Waals surface area (Å²) < 4.78 is 5.07. The number of carboxylic acids is 1. The molecule has 0 saturated carbocycles. The third kappa shape index (κ3) is 5.51. The van der Waals surface area contributed by atoms with E-state index in [0.717, 1.165) is 19.3 Å². The molecule has 0 aliphatic rings. The Balaban J connectivity index is 2.23. The van der Waals surface area contributed by atoms with Crippen LogP contribution >= 0.6 is 0 Å². The third-order valence-electron chi connectivity index (χ3n) is 2.67. The SMILES string of the molecule is C#CCO[C@@H](CCCCc1ccccc1)C(=O)O. The van der Waals surface area contributed by atoms with E-state index in [-0.39, 0.29) is 6.61 Å². The van der Waals surface area contributed by atoms with Crippen LogP contribution in [0, 0.1) is 12.3 Å². The Morgan fingerprint density at radius 3 is 2.67 bits per heavy atom. The molecule has 0 radical (unpaired) electrons. The summed E-state index contributed by atoms with van der Waals surface area (Å²) in [5, 5.41) is 8.92. The Morgan fingerprint density at radius 2 is 2.06 bits per heavy atom. The first-order valence-electron chi connectivity index (χ1n) is 6.06. The topological polar surface area (TPSA) is 46.5 Å². The first-order chi connectivity index (χ1) is 8.74. The minimum atomic E-state index is -0.940. The van der Waals surface area contributed by atoms with Gasteiger partial charge in [0.05, 0.1) is 0 Å². The number of carboxylic acid groups (broad SMARTS) is 1. The largest absolute Gasteiger partial charge is 0.479 e. The number of unbranched alkanes of at least 4 members (excludes halogenated alkanes) is 1. The second-order valence-electron chi connectivity index (χ2n) is 4.07. The number of aliphatic carboxylic acids is 1. The van der Waals surface area contributed by atoms with Gasteiger partial charge in [-0.25, -0.2) is 4.79 Å². The van der Waals surface area contributed by atoms with E-state index in [9.17, 15) is 4.79 Å². The quantitative estimate of drug-likeness (QED) is 0.566. The lowest BCUT2D eigenvalue weighted by Crippen LogP contribution is -2.24. The van der Waals surface area contributed by atoms with Gasteiger partial charge in [-0.05, 0) is 31.2 Å². The van der Waals surface area contributed by atoms with Crippen molar-refractivity contribution in [1.29, 1.82) is 0 Å². The molecule has 0 bridgehead atoms. The number of hydrogen-bond donors (Lipinski definition) is 1. The van der Waals surface area contributed by atoms with Crippen molar-refractivity contribution >= 4 is 5.97 Å². The maximum Gasteiger partial charge on any atom is 0.332 e. The number of rotatable bonds is 8. The van der Waals surface area contributed by atoms with E-state index in [4.69, 9.17) is 16.3 Å². The molecule has 0 heterocycles. The first kappa shape index (κ1) is 14.3. The van der Waals surface area contributed by atoms with Gasteiger partial charge in [0.1, 0.15) is 6.61 Å². The van der Waals surface area contributed by atoms with Gasteiger partial charge < -0.3 is 9.84 Å². The van der Waals surface area contributed by atoms with Gasteiger partial charge in [-0.1, -0.05) is 36.3 Å². The van der Waals surface area contributed by atoms with Crippen LogP contribution in [-0.4, -0.2) is 23.8 Å². The van der Waals surface area contributed by atoms with E-state index in [2.05, 4.69) is 18.1 Å². The monoisotopic (exact) mass is 246 g/mol. The van der Waals surface area contributed by atoms with E-state index in [0.29, 0.717) is 6.42 Å². The van der Waals surface area contributed by atoms with Crippen molar-refractivity contribution in [3.05, 3.63) is 35.9 Å². The predicted molar refractivity (Wildman–Crippen MR) is 70.2 cm³/mol. The van der Waals surface area contributed by atoms with E-state index in [1.807, 2.05) is 18.2 Å². The number of benzene rings is 1. The van der Waals surface area contributed by atoms with Crippen molar-refractivity contribution in [3.8, 4) is 12.3 Å². The lowest BCUT2D eigenvalue weighted by atomic mass is 10.1. The lowest BCUT2D eigenvalue weighted by Gasteiger charge is -2.11. The summed E-state index contributed by atoms with van der Waals surface area (Å²) in [5.41, 5.74) is 1.27. The van der Waals surface area contributed by atoms with Gasteiger partial charge >= 0.3 is 5.97 Å². The van der Waals surface area contributed by atoms with Crippen LogP contribution in [0.5, 0.6) is 0 Å². The summed E-state index contributed by atoms with van der Waals surface area (Å²) in [6.07, 6.45) is 7.49. The summed E-state index contributed by atoms with van der Waals surface area (Å²) in [6, 6.07) is 10.1. The van der Waals surface area contributed by atoms with Crippen molar-refractivity contribution in [2.45, 2.75) is 31.8 Å². The van der Waals surface area contributed by atoms with Gasteiger partial charge in [-0.3, -0.25) is 0 Å².